The zero-order valence-corrected chi connectivity index (χ0v) is 9.83. The Morgan fingerprint density at radius 1 is 1.14 bits per heavy atom. The van der Waals surface area contributed by atoms with Gasteiger partial charge in [0.25, 0.3) is 0 Å². The minimum Gasteiger partial charge on any atom is -0.371 e. The Hall–Kier alpha value is -0.300. The minimum atomic E-state index is 0.322. The zero-order valence-electron chi connectivity index (χ0n) is 9.83. The monoisotopic (exact) mass is 196 g/mol. The largest absolute Gasteiger partial charge is 0.371 e. The lowest BCUT2D eigenvalue weighted by atomic mass is 9.97. The molecule has 1 fully saturated rings. The predicted molar refractivity (Wildman–Crippen MR) is 61.4 cm³/mol. The maximum atomic E-state index is 6.11. The lowest BCUT2D eigenvalue weighted by Gasteiger charge is -2.28. The molecule has 1 rings (SSSR count). The molecule has 14 heavy (non-hydrogen) atoms. The van der Waals surface area contributed by atoms with Crippen LogP contribution in [0.4, 0.5) is 0 Å². The molecule has 1 nitrogen and oxygen atoms in total. The van der Waals surface area contributed by atoms with Crippen LogP contribution in [0.5, 0.6) is 0 Å². The van der Waals surface area contributed by atoms with E-state index in [2.05, 4.69) is 32.9 Å². The second-order valence-corrected chi connectivity index (χ2v) is 4.63. The van der Waals surface area contributed by atoms with E-state index in [-0.39, 0.29) is 0 Å². The second-order valence-electron chi connectivity index (χ2n) is 4.63. The van der Waals surface area contributed by atoms with Crippen molar-refractivity contribution in [1.82, 2.24) is 0 Å². The maximum absolute atomic E-state index is 6.11. The van der Waals surface area contributed by atoms with Crippen LogP contribution in [0.15, 0.2) is 12.2 Å². The quantitative estimate of drug-likeness (QED) is 0.619. The maximum Gasteiger partial charge on any atom is 0.0782 e. The average Bonchev–Trinajstić information content (AvgIpc) is 2.18. The van der Waals surface area contributed by atoms with Gasteiger partial charge in [-0.25, -0.2) is 0 Å². The van der Waals surface area contributed by atoms with Crippen molar-refractivity contribution in [2.45, 2.75) is 65.1 Å². The topological polar surface area (TPSA) is 9.23 Å². The first kappa shape index (κ1) is 11.8. The van der Waals surface area contributed by atoms with Crippen LogP contribution in [-0.2, 0) is 4.74 Å². The molecule has 0 N–H and O–H groups in total. The average molecular weight is 196 g/mol. The van der Waals surface area contributed by atoms with E-state index >= 15 is 0 Å². The Morgan fingerprint density at radius 2 is 1.79 bits per heavy atom. The molecule has 0 heterocycles. The summed E-state index contributed by atoms with van der Waals surface area (Å²) in [5.41, 5.74) is 0. The molecule has 0 saturated heterocycles. The number of rotatable bonds is 4. The summed E-state index contributed by atoms with van der Waals surface area (Å²) in [4.78, 5) is 0. The molecule has 0 bridgehead atoms. The highest BCUT2D eigenvalue weighted by Gasteiger charge is 2.19. The first-order chi connectivity index (χ1) is 6.74. The summed E-state index contributed by atoms with van der Waals surface area (Å²) < 4.78 is 6.11. The van der Waals surface area contributed by atoms with Gasteiger partial charge in [0.15, 0.2) is 0 Å². The van der Waals surface area contributed by atoms with E-state index in [1.807, 2.05) is 0 Å². The van der Waals surface area contributed by atoms with Gasteiger partial charge in [-0.3, -0.25) is 0 Å². The van der Waals surface area contributed by atoms with Crippen molar-refractivity contribution in [1.29, 1.82) is 0 Å². The second kappa shape index (κ2) is 6.23. The molecule has 1 heteroatoms. The van der Waals surface area contributed by atoms with Gasteiger partial charge in [0, 0.05) is 0 Å². The number of allylic oxidation sites excluding steroid dienone is 1. The summed E-state index contributed by atoms with van der Waals surface area (Å²) in [6.45, 7) is 6.53. The molecule has 0 radical (unpaired) electrons. The van der Waals surface area contributed by atoms with Crippen molar-refractivity contribution in [3.63, 3.8) is 0 Å². The first-order valence-corrected chi connectivity index (χ1v) is 6.02. The summed E-state index contributed by atoms with van der Waals surface area (Å²) in [6, 6.07) is 0. The molecule has 0 aromatic rings. The standard InChI is InChI=1S/C13H24O/c1-4-8-13(11(2)3)14-12-9-6-5-7-10-12/h4,8,11-13H,5-7,9-10H2,1-3H3/b8-4-. The SMILES string of the molecule is C/C=C\C(OC1CCCCC1)C(C)C. The Bertz CT molecular complexity index is 166. The molecule has 0 spiro atoms. The molecular formula is C13H24O. The van der Waals surface area contributed by atoms with Crippen LogP contribution < -0.4 is 0 Å². The van der Waals surface area contributed by atoms with E-state index in [4.69, 9.17) is 4.74 Å². The molecule has 0 aromatic carbocycles. The molecular weight excluding hydrogens is 172 g/mol. The normalized spacial score (nSPS) is 22.0. The van der Waals surface area contributed by atoms with Crippen molar-refractivity contribution in [2.75, 3.05) is 0 Å². The zero-order chi connectivity index (χ0) is 10.4. The van der Waals surface area contributed by atoms with Gasteiger partial charge in [0.05, 0.1) is 12.2 Å². The van der Waals surface area contributed by atoms with Gasteiger partial charge in [0.2, 0.25) is 0 Å². The number of hydrogen-bond acceptors (Lipinski definition) is 1. The molecule has 82 valence electrons. The van der Waals surface area contributed by atoms with Crippen LogP contribution in [-0.4, -0.2) is 12.2 Å². The predicted octanol–water partition coefficient (Wildman–Crippen LogP) is 3.94. The Kier molecular flexibility index (Phi) is 5.24. The van der Waals surface area contributed by atoms with Crippen molar-refractivity contribution in [3.8, 4) is 0 Å². The number of hydrogen-bond donors (Lipinski definition) is 0. The van der Waals surface area contributed by atoms with Crippen molar-refractivity contribution >= 4 is 0 Å². The molecule has 1 unspecified atom stereocenters. The van der Waals surface area contributed by atoms with Crippen LogP contribution in [0.3, 0.4) is 0 Å². The molecule has 0 aromatic heterocycles. The van der Waals surface area contributed by atoms with Gasteiger partial charge in [-0.1, -0.05) is 45.3 Å². The molecule has 1 aliphatic rings. The fourth-order valence-corrected chi connectivity index (χ4v) is 2.04. The Labute approximate surface area is 88.5 Å². The number of ether oxygens (including phenoxy) is 1. The van der Waals surface area contributed by atoms with Gasteiger partial charge in [-0.15, -0.1) is 0 Å². The molecule has 1 atom stereocenters. The van der Waals surface area contributed by atoms with Crippen LogP contribution >= 0.6 is 0 Å². The van der Waals surface area contributed by atoms with Crippen molar-refractivity contribution in [2.24, 2.45) is 5.92 Å². The fraction of sp³-hybridized carbons (Fsp3) is 0.846. The smallest absolute Gasteiger partial charge is 0.0782 e. The highest BCUT2D eigenvalue weighted by atomic mass is 16.5. The third-order valence-corrected chi connectivity index (χ3v) is 2.94. The van der Waals surface area contributed by atoms with Crippen LogP contribution in [0.1, 0.15) is 52.9 Å². The summed E-state index contributed by atoms with van der Waals surface area (Å²) in [5.74, 6) is 0.591. The summed E-state index contributed by atoms with van der Waals surface area (Å²) in [5, 5.41) is 0. The lowest BCUT2D eigenvalue weighted by molar-refractivity contribution is -0.0265. The van der Waals surface area contributed by atoms with Crippen LogP contribution in [0.2, 0.25) is 0 Å². The fourth-order valence-electron chi connectivity index (χ4n) is 2.04. The van der Waals surface area contributed by atoms with Crippen molar-refractivity contribution in [3.05, 3.63) is 12.2 Å². The minimum absolute atomic E-state index is 0.322. The van der Waals surface area contributed by atoms with Gasteiger partial charge in [0.1, 0.15) is 0 Å². The van der Waals surface area contributed by atoms with Crippen molar-refractivity contribution < 1.29 is 4.74 Å². The van der Waals surface area contributed by atoms with Gasteiger partial charge in [-0.2, -0.15) is 0 Å². The molecule has 1 aliphatic carbocycles. The van der Waals surface area contributed by atoms with E-state index in [0.29, 0.717) is 18.1 Å². The Morgan fingerprint density at radius 3 is 2.29 bits per heavy atom. The van der Waals surface area contributed by atoms with Gasteiger partial charge in [-0.05, 0) is 25.7 Å². The summed E-state index contributed by atoms with van der Waals surface area (Å²) in [6.07, 6.45) is 11.8. The summed E-state index contributed by atoms with van der Waals surface area (Å²) in [7, 11) is 0. The third-order valence-electron chi connectivity index (χ3n) is 2.94. The van der Waals surface area contributed by atoms with E-state index < -0.39 is 0 Å². The highest BCUT2D eigenvalue weighted by molar-refractivity contribution is 4.89. The van der Waals surface area contributed by atoms with Crippen LogP contribution in [0.25, 0.3) is 0 Å². The summed E-state index contributed by atoms with van der Waals surface area (Å²) >= 11 is 0. The first-order valence-electron chi connectivity index (χ1n) is 6.02. The van der Waals surface area contributed by atoms with Gasteiger partial charge < -0.3 is 4.74 Å². The molecule has 0 amide bonds. The van der Waals surface area contributed by atoms with E-state index in [1.165, 1.54) is 32.1 Å². The third kappa shape index (κ3) is 3.83. The van der Waals surface area contributed by atoms with E-state index in [1.54, 1.807) is 0 Å². The highest BCUT2D eigenvalue weighted by Crippen LogP contribution is 2.23. The van der Waals surface area contributed by atoms with Gasteiger partial charge >= 0.3 is 0 Å². The molecule has 1 saturated carbocycles. The van der Waals surface area contributed by atoms with E-state index in [9.17, 15) is 0 Å². The van der Waals surface area contributed by atoms with Crippen LogP contribution in [0, 0.1) is 5.92 Å². The van der Waals surface area contributed by atoms with E-state index in [0.717, 1.165) is 0 Å². The Balaban J connectivity index is 2.37. The molecule has 0 aliphatic heterocycles. The lowest BCUT2D eigenvalue weighted by Crippen LogP contribution is -2.26.